The van der Waals surface area contributed by atoms with Gasteiger partial charge in [0, 0.05) is 19.8 Å². The topological polar surface area (TPSA) is 121 Å². The van der Waals surface area contributed by atoms with Crippen molar-refractivity contribution in [3.05, 3.63) is 46.1 Å². The molecule has 30 heavy (non-hydrogen) atoms. The van der Waals surface area contributed by atoms with E-state index in [1.807, 2.05) is 4.72 Å². The molecule has 0 atom stereocenters. The Morgan fingerprint density at radius 2 is 1.67 bits per heavy atom. The molecule has 0 unspecified atom stereocenters. The van der Waals surface area contributed by atoms with Crippen LogP contribution in [-0.4, -0.2) is 49.5 Å². The highest BCUT2D eigenvalue weighted by Gasteiger charge is 2.29. The Kier molecular flexibility index (Phi) is 5.19. The van der Waals surface area contributed by atoms with Crippen molar-refractivity contribution in [2.45, 2.75) is 43.6 Å². The van der Waals surface area contributed by atoms with Crippen molar-refractivity contribution in [2.75, 3.05) is 19.4 Å². The van der Waals surface area contributed by atoms with Crippen LogP contribution in [-0.2, 0) is 35.7 Å². The van der Waals surface area contributed by atoms with E-state index >= 15 is 0 Å². The summed E-state index contributed by atoms with van der Waals surface area (Å²) in [6.45, 7) is 0. The SMILES string of the molecule is CN(C)C(=O)c1ccnnc1S(=O)(=O)NC(=O)Nc1c2c(cc3c1CCC3)CCC2. The highest BCUT2D eigenvalue weighted by atomic mass is 32.2. The van der Waals surface area contributed by atoms with E-state index in [0.29, 0.717) is 0 Å². The van der Waals surface area contributed by atoms with Crippen molar-refractivity contribution in [3.8, 4) is 0 Å². The predicted molar refractivity (Wildman–Crippen MR) is 110 cm³/mol. The first-order valence-corrected chi connectivity index (χ1v) is 11.3. The minimum absolute atomic E-state index is 0.156. The molecule has 1 aromatic heterocycles. The molecule has 0 fully saturated rings. The average Bonchev–Trinajstić information content (AvgIpc) is 3.36. The maximum Gasteiger partial charge on any atom is 0.333 e. The van der Waals surface area contributed by atoms with E-state index in [0.717, 1.165) is 55.3 Å². The summed E-state index contributed by atoms with van der Waals surface area (Å²) >= 11 is 0. The van der Waals surface area contributed by atoms with E-state index < -0.39 is 27.0 Å². The normalized spacial score (nSPS) is 14.7. The number of nitrogens with zero attached hydrogens (tertiary/aromatic N) is 3. The van der Waals surface area contributed by atoms with Gasteiger partial charge in [0.2, 0.25) is 5.03 Å². The first-order valence-electron chi connectivity index (χ1n) is 9.81. The fraction of sp³-hybridized carbons (Fsp3) is 0.400. The summed E-state index contributed by atoms with van der Waals surface area (Å²) in [5, 5.41) is 9.36. The van der Waals surface area contributed by atoms with Crippen LogP contribution in [0.4, 0.5) is 10.5 Å². The summed E-state index contributed by atoms with van der Waals surface area (Å²) in [5.74, 6) is -0.551. The molecule has 1 heterocycles. The van der Waals surface area contributed by atoms with Crippen LogP contribution in [0.3, 0.4) is 0 Å². The third-order valence-electron chi connectivity index (χ3n) is 5.52. The number of rotatable bonds is 4. The summed E-state index contributed by atoms with van der Waals surface area (Å²) in [5.41, 5.74) is 5.20. The average molecular weight is 430 g/mol. The zero-order chi connectivity index (χ0) is 21.5. The van der Waals surface area contributed by atoms with Crippen molar-refractivity contribution in [1.82, 2.24) is 19.8 Å². The number of amides is 3. The maximum atomic E-state index is 12.8. The molecule has 3 amide bonds. The van der Waals surface area contributed by atoms with E-state index in [9.17, 15) is 18.0 Å². The second kappa shape index (κ2) is 7.67. The van der Waals surface area contributed by atoms with E-state index in [4.69, 9.17) is 0 Å². The second-order valence-corrected chi connectivity index (χ2v) is 9.34. The fourth-order valence-electron chi connectivity index (χ4n) is 4.20. The Morgan fingerprint density at radius 1 is 1.03 bits per heavy atom. The third kappa shape index (κ3) is 3.62. The maximum absolute atomic E-state index is 12.8. The molecular formula is C20H23N5O4S. The van der Waals surface area contributed by atoms with E-state index in [1.54, 1.807) is 0 Å². The lowest BCUT2D eigenvalue weighted by Crippen LogP contribution is -2.37. The largest absolute Gasteiger partial charge is 0.345 e. The number of hydrogen-bond acceptors (Lipinski definition) is 6. The van der Waals surface area contributed by atoms with Crippen LogP contribution in [0, 0.1) is 0 Å². The Hall–Kier alpha value is -3.01. The molecule has 4 rings (SSSR count). The van der Waals surface area contributed by atoms with Gasteiger partial charge in [0.05, 0.1) is 11.8 Å². The highest BCUT2D eigenvalue weighted by molar-refractivity contribution is 7.90. The van der Waals surface area contributed by atoms with Crippen molar-refractivity contribution in [2.24, 2.45) is 0 Å². The number of aryl methyl sites for hydroxylation is 2. The lowest BCUT2D eigenvalue weighted by atomic mass is 9.99. The summed E-state index contributed by atoms with van der Waals surface area (Å²) < 4.78 is 27.6. The number of urea groups is 1. The van der Waals surface area contributed by atoms with Crippen LogP contribution in [0.2, 0.25) is 0 Å². The number of aromatic nitrogens is 2. The van der Waals surface area contributed by atoms with Crippen LogP contribution in [0.5, 0.6) is 0 Å². The molecule has 2 N–H and O–H groups in total. The Bertz CT molecular complexity index is 1110. The molecule has 0 aliphatic heterocycles. The van der Waals surface area contributed by atoms with Gasteiger partial charge in [-0.25, -0.2) is 9.52 Å². The molecule has 2 aliphatic carbocycles. The highest BCUT2D eigenvalue weighted by Crippen LogP contribution is 2.38. The van der Waals surface area contributed by atoms with Crippen molar-refractivity contribution >= 4 is 27.6 Å². The minimum atomic E-state index is -4.40. The number of hydrogen-bond donors (Lipinski definition) is 2. The van der Waals surface area contributed by atoms with Crippen LogP contribution in [0.1, 0.15) is 45.5 Å². The van der Waals surface area contributed by atoms with Crippen LogP contribution in [0.25, 0.3) is 0 Å². The van der Waals surface area contributed by atoms with E-state index in [2.05, 4.69) is 21.6 Å². The molecule has 1 aromatic carbocycles. The molecule has 0 saturated carbocycles. The van der Waals surface area contributed by atoms with Gasteiger partial charge < -0.3 is 10.2 Å². The van der Waals surface area contributed by atoms with Gasteiger partial charge in [-0.15, -0.1) is 5.10 Å². The summed E-state index contributed by atoms with van der Waals surface area (Å²) in [6, 6.07) is 2.61. The number of fused-ring (bicyclic) bond motifs is 2. The van der Waals surface area contributed by atoms with Gasteiger partial charge in [-0.3, -0.25) is 4.79 Å². The smallest absolute Gasteiger partial charge is 0.333 e. The summed E-state index contributed by atoms with van der Waals surface area (Å²) in [4.78, 5) is 26.2. The monoisotopic (exact) mass is 429 g/mol. The number of carbonyl (C=O) groups is 2. The van der Waals surface area contributed by atoms with Gasteiger partial charge in [0.15, 0.2) is 0 Å². The lowest BCUT2D eigenvalue weighted by Gasteiger charge is -2.17. The Labute approximate surface area is 174 Å². The van der Waals surface area contributed by atoms with Gasteiger partial charge in [0.1, 0.15) is 0 Å². The molecule has 10 heteroatoms. The van der Waals surface area contributed by atoms with Crippen molar-refractivity contribution in [1.29, 1.82) is 0 Å². The second-order valence-electron chi connectivity index (χ2n) is 7.74. The van der Waals surface area contributed by atoms with Crippen LogP contribution in [0.15, 0.2) is 23.4 Å². The van der Waals surface area contributed by atoms with Gasteiger partial charge in [-0.1, -0.05) is 6.07 Å². The molecule has 2 aliphatic rings. The fourth-order valence-corrected chi connectivity index (χ4v) is 5.19. The molecule has 0 saturated heterocycles. The standard InChI is InChI=1S/C20H23N5O4S/c1-25(2)19(26)16-9-10-21-23-18(16)30(28,29)24-20(27)22-17-14-7-3-5-12(14)11-13-6-4-8-15(13)17/h9-11H,3-8H2,1-2H3,(H2,22,24,27). The van der Waals surface area contributed by atoms with Crippen molar-refractivity contribution in [3.63, 3.8) is 0 Å². The molecule has 0 bridgehead atoms. The number of carbonyl (C=O) groups excluding carboxylic acids is 2. The van der Waals surface area contributed by atoms with Crippen LogP contribution < -0.4 is 10.0 Å². The molecular weight excluding hydrogens is 406 g/mol. The zero-order valence-corrected chi connectivity index (χ0v) is 17.7. The number of anilines is 1. The molecule has 0 radical (unpaired) electrons. The van der Waals surface area contributed by atoms with E-state index in [1.165, 1.54) is 42.4 Å². The van der Waals surface area contributed by atoms with Crippen LogP contribution >= 0.6 is 0 Å². The quantitative estimate of drug-likeness (QED) is 0.762. The number of benzene rings is 1. The third-order valence-corrected chi connectivity index (χ3v) is 6.78. The summed E-state index contributed by atoms with van der Waals surface area (Å²) in [7, 11) is -1.41. The molecule has 2 aromatic rings. The van der Waals surface area contributed by atoms with Gasteiger partial charge >= 0.3 is 6.03 Å². The Morgan fingerprint density at radius 3 is 2.27 bits per heavy atom. The first-order chi connectivity index (χ1) is 14.3. The molecule has 0 spiro atoms. The number of sulfonamides is 1. The van der Waals surface area contributed by atoms with Gasteiger partial charge in [-0.2, -0.15) is 13.5 Å². The predicted octanol–water partition coefficient (Wildman–Crippen LogP) is 1.67. The first kappa shape index (κ1) is 20.3. The number of nitrogens with one attached hydrogen (secondary N) is 2. The Balaban J connectivity index is 1.61. The van der Waals surface area contributed by atoms with E-state index in [-0.39, 0.29) is 5.56 Å². The minimum Gasteiger partial charge on any atom is -0.345 e. The molecule has 158 valence electrons. The van der Waals surface area contributed by atoms with Gasteiger partial charge in [-0.05, 0) is 66.8 Å². The van der Waals surface area contributed by atoms with Gasteiger partial charge in [0.25, 0.3) is 15.9 Å². The van der Waals surface area contributed by atoms with Crippen molar-refractivity contribution < 1.29 is 18.0 Å². The lowest BCUT2D eigenvalue weighted by molar-refractivity contribution is 0.0822. The zero-order valence-electron chi connectivity index (χ0n) is 16.9. The molecule has 9 nitrogen and oxygen atoms in total. The summed E-state index contributed by atoms with van der Waals surface area (Å²) in [6.07, 6.45) is 6.91.